The van der Waals surface area contributed by atoms with Gasteiger partial charge in [-0.2, -0.15) is 0 Å². The molecule has 0 saturated carbocycles. The zero-order chi connectivity index (χ0) is 21.5. The number of hydrogen-bond donors (Lipinski definition) is 1. The first-order valence-corrected chi connectivity index (χ1v) is 10.6. The molecule has 2 aromatic rings. The van der Waals surface area contributed by atoms with Crippen molar-refractivity contribution < 1.29 is 13.9 Å². The monoisotopic (exact) mass is 475 g/mol. The third-order valence-corrected chi connectivity index (χ3v) is 5.26. The number of hydrazine groups is 1. The molecule has 1 aliphatic rings. The fourth-order valence-electron chi connectivity index (χ4n) is 3.03. The van der Waals surface area contributed by atoms with Crippen molar-refractivity contribution >= 4 is 28.1 Å². The molecule has 0 saturated heterocycles. The van der Waals surface area contributed by atoms with Gasteiger partial charge in [-0.15, -0.1) is 0 Å². The quantitative estimate of drug-likeness (QED) is 0.597. The molecule has 1 atom stereocenters. The maximum absolute atomic E-state index is 13.1. The van der Waals surface area contributed by atoms with E-state index >= 15 is 0 Å². The standard InChI is InChI=1S/C21H26BrN5O3/c1-4-8-17-18(30-20(24-17)15-9-5-6-10-16(15)22)19(28)25-27-12-7-11-23-21(27)26(2)13-14-29-3/h5-7,9-12,21H,4,8,13-14H2,1-3H3,(H,25,28). The van der Waals surface area contributed by atoms with Gasteiger partial charge in [-0.05, 0) is 47.6 Å². The minimum absolute atomic E-state index is 0.212. The van der Waals surface area contributed by atoms with Crippen LogP contribution in [0, 0.1) is 0 Å². The summed E-state index contributed by atoms with van der Waals surface area (Å²) in [7, 11) is 3.57. The highest BCUT2D eigenvalue weighted by molar-refractivity contribution is 9.10. The van der Waals surface area contributed by atoms with Crippen LogP contribution in [0.3, 0.4) is 0 Å². The minimum atomic E-state index is -0.380. The second-order valence-corrected chi connectivity index (χ2v) is 7.69. The van der Waals surface area contributed by atoms with Crippen molar-refractivity contribution in [2.45, 2.75) is 26.1 Å². The minimum Gasteiger partial charge on any atom is -0.431 e. The number of nitrogens with zero attached hydrogens (tertiary/aromatic N) is 4. The van der Waals surface area contributed by atoms with Crippen molar-refractivity contribution in [1.29, 1.82) is 0 Å². The van der Waals surface area contributed by atoms with Crippen molar-refractivity contribution in [1.82, 2.24) is 20.3 Å². The van der Waals surface area contributed by atoms with E-state index in [0.717, 1.165) is 16.5 Å². The van der Waals surface area contributed by atoms with Crippen LogP contribution in [-0.4, -0.2) is 60.6 Å². The Balaban J connectivity index is 1.82. The van der Waals surface area contributed by atoms with E-state index in [1.165, 1.54) is 0 Å². The molecule has 0 spiro atoms. The van der Waals surface area contributed by atoms with Crippen molar-refractivity contribution in [3.63, 3.8) is 0 Å². The summed E-state index contributed by atoms with van der Waals surface area (Å²) in [4.78, 5) is 24.1. The van der Waals surface area contributed by atoms with Gasteiger partial charge in [-0.3, -0.25) is 25.1 Å². The van der Waals surface area contributed by atoms with Gasteiger partial charge in [0.1, 0.15) is 0 Å². The van der Waals surface area contributed by atoms with Crippen molar-refractivity contribution in [2.24, 2.45) is 4.99 Å². The zero-order valence-electron chi connectivity index (χ0n) is 17.3. The van der Waals surface area contributed by atoms with Crippen molar-refractivity contribution in [3.05, 3.63) is 52.5 Å². The van der Waals surface area contributed by atoms with Crippen LogP contribution in [0.4, 0.5) is 0 Å². The van der Waals surface area contributed by atoms with Gasteiger partial charge >= 0.3 is 5.91 Å². The number of ether oxygens (including phenoxy) is 1. The number of oxazole rings is 1. The van der Waals surface area contributed by atoms with Gasteiger partial charge in [-0.25, -0.2) is 4.98 Å². The van der Waals surface area contributed by atoms with E-state index in [0.29, 0.717) is 31.2 Å². The van der Waals surface area contributed by atoms with Gasteiger partial charge in [0.2, 0.25) is 11.7 Å². The second-order valence-electron chi connectivity index (χ2n) is 6.83. The van der Waals surface area contributed by atoms with E-state index in [1.807, 2.05) is 43.1 Å². The number of rotatable bonds is 9. The summed E-state index contributed by atoms with van der Waals surface area (Å²) in [5, 5.41) is 1.65. The summed E-state index contributed by atoms with van der Waals surface area (Å²) >= 11 is 3.52. The highest BCUT2D eigenvalue weighted by Gasteiger charge is 2.27. The highest BCUT2D eigenvalue weighted by Crippen LogP contribution is 2.29. The molecule has 0 fully saturated rings. The summed E-state index contributed by atoms with van der Waals surface area (Å²) in [5.41, 5.74) is 4.32. The Labute approximate surface area is 184 Å². The Hall–Kier alpha value is -2.49. The lowest BCUT2D eigenvalue weighted by atomic mass is 10.2. The number of allylic oxidation sites excluding steroid dienone is 1. The average Bonchev–Trinajstić information content (AvgIpc) is 3.17. The molecular weight excluding hydrogens is 450 g/mol. The molecule has 9 heteroatoms. The number of likely N-dealkylation sites (N-methyl/N-ethyl adjacent to an activating group) is 1. The van der Waals surface area contributed by atoms with Gasteiger partial charge in [0.25, 0.3) is 0 Å². The molecule has 160 valence electrons. The van der Waals surface area contributed by atoms with Crippen LogP contribution in [0.1, 0.15) is 29.6 Å². The van der Waals surface area contributed by atoms with Gasteiger partial charge in [-0.1, -0.05) is 25.5 Å². The maximum Gasteiger partial charge on any atom is 0.307 e. The Morgan fingerprint density at radius 1 is 1.40 bits per heavy atom. The summed E-state index contributed by atoms with van der Waals surface area (Å²) in [6.45, 7) is 3.26. The normalized spacial score (nSPS) is 15.8. The van der Waals surface area contributed by atoms with Gasteiger partial charge < -0.3 is 9.15 Å². The molecule has 8 nitrogen and oxygen atoms in total. The Morgan fingerprint density at radius 3 is 2.93 bits per heavy atom. The van der Waals surface area contributed by atoms with E-state index < -0.39 is 0 Å². The number of halogens is 1. The van der Waals surface area contributed by atoms with Crippen LogP contribution >= 0.6 is 15.9 Å². The first kappa shape index (κ1) is 22.2. The summed E-state index contributed by atoms with van der Waals surface area (Å²) < 4.78 is 11.9. The lowest BCUT2D eigenvalue weighted by Crippen LogP contribution is -2.52. The van der Waals surface area contributed by atoms with Crippen LogP contribution in [0.2, 0.25) is 0 Å². The van der Waals surface area contributed by atoms with Crippen LogP contribution in [-0.2, 0) is 11.2 Å². The third-order valence-electron chi connectivity index (χ3n) is 4.57. The molecule has 30 heavy (non-hydrogen) atoms. The highest BCUT2D eigenvalue weighted by atomic mass is 79.9. The molecule has 1 unspecified atom stereocenters. The smallest absolute Gasteiger partial charge is 0.307 e. The van der Waals surface area contributed by atoms with E-state index in [9.17, 15) is 4.79 Å². The number of amides is 1. The SMILES string of the molecule is CCCc1nc(-c2ccccc2Br)oc1C(=O)NN1C=CC=NC1N(C)CCOC. The van der Waals surface area contributed by atoms with E-state index in [4.69, 9.17) is 9.15 Å². The first-order valence-electron chi connectivity index (χ1n) is 9.78. The molecule has 1 aliphatic heterocycles. The van der Waals surface area contributed by atoms with Gasteiger partial charge in [0, 0.05) is 30.5 Å². The largest absolute Gasteiger partial charge is 0.431 e. The molecule has 0 aliphatic carbocycles. The number of aryl methyl sites for hydroxylation is 1. The molecule has 2 heterocycles. The number of carbonyl (C=O) groups is 1. The number of aliphatic imine (C=N–C) groups is 1. The Kier molecular flexibility index (Phi) is 7.78. The molecule has 3 rings (SSSR count). The van der Waals surface area contributed by atoms with Crippen LogP contribution in [0.25, 0.3) is 11.5 Å². The molecule has 1 aromatic carbocycles. The lowest BCUT2D eigenvalue weighted by Gasteiger charge is -2.35. The predicted octanol–water partition coefficient (Wildman–Crippen LogP) is 3.46. The van der Waals surface area contributed by atoms with E-state index in [-0.39, 0.29) is 18.0 Å². The predicted molar refractivity (Wildman–Crippen MR) is 119 cm³/mol. The van der Waals surface area contributed by atoms with Crippen LogP contribution < -0.4 is 5.43 Å². The number of carbonyl (C=O) groups excluding carboxylic acids is 1. The summed E-state index contributed by atoms with van der Waals surface area (Å²) in [6, 6.07) is 7.63. The number of aromatic nitrogens is 1. The molecule has 1 aromatic heterocycles. The first-order chi connectivity index (χ1) is 14.5. The van der Waals surface area contributed by atoms with Crippen LogP contribution in [0.5, 0.6) is 0 Å². The lowest BCUT2D eigenvalue weighted by molar-refractivity contribution is 0.0387. The zero-order valence-corrected chi connectivity index (χ0v) is 18.9. The Bertz CT molecular complexity index is 927. The van der Waals surface area contributed by atoms with E-state index in [1.54, 1.807) is 30.6 Å². The van der Waals surface area contributed by atoms with Crippen molar-refractivity contribution in [3.8, 4) is 11.5 Å². The third kappa shape index (κ3) is 5.16. The fourth-order valence-corrected chi connectivity index (χ4v) is 3.49. The maximum atomic E-state index is 13.1. The van der Waals surface area contributed by atoms with Crippen molar-refractivity contribution in [2.75, 3.05) is 27.3 Å². The average molecular weight is 476 g/mol. The van der Waals surface area contributed by atoms with Crippen LogP contribution in [0.15, 0.2) is 50.4 Å². The van der Waals surface area contributed by atoms with Gasteiger partial charge in [0.05, 0.1) is 17.9 Å². The van der Waals surface area contributed by atoms with Gasteiger partial charge in [0.15, 0.2) is 6.29 Å². The topological polar surface area (TPSA) is 83.2 Å². The second kappa shape index (κ2) is 10.5. The molecule has 1 amide bonds. The summed E-state index contributed by atoms with van der Waals surface area (Å²) in [5.74, 6) is 0.261. The number of methoxy groups -OCH3 is 1. The Morgan fingerprint density at radius 2 is 2.20 bits per heavy atom. The number of hydrogen-bond acceptors (Lipinski definition) is 7. The molecule has 0 radical (unpaired) electrons. The summed E-state index contributed by atoms with van der Waals surface area (Å²) in [6.07, 6.45) is 6.35. The number of nitrogens with one attached hydrogen (secondary N) is 1. The number of benzene rings is 1. The molecule has 0 bridgehead atoms. The molecular formula is C21H26BrN5O3. The fraction of sp³-hybridized carbons (Fsp3) is 0.381. The molecule has 1 N–H and O–H groups in total. The van der Waals surface area contributed by atoms with E-state index in [2.05, 4.69) is 31.3 Å².